The van der Waals surface area contributed by atoms with E-state index in [1.807, 2.05) is 18.2 Å². The van der Waals surface area contributed by atoms with Crippen LogP contribution in [0.4, 0.5) is 0 Å². The second kappa shape index (κ2) is 19.6. The molecule has 2 aromatic rings. The predicted molar refractivity (Wildman–Crippen MR) is 171 cm³/mol. The van der Waals surface area contributed by atoms with Gasteiger partial charge in [0.15, 0.2) is 0 Å². The van der Waals surface area contributed by atoms with Crippen molar-refractivity contribution in [2.24, 2.45) is 29.4 Å². The average Bonchev–Trinajstić information content (AvgIpc) is 3.00. The van der Waals surface area contributed by atoms with Gasteiger partial charge < -0.3 is 15.9 Å². The molecule has 1 aliphatic rings. The monoisotopic (exact) mass is 561 g/mol. The van der Waals surface area contributed by atoms with Crippen LogP contribution >= 0.6 is 0 Å². The lowest BCUT2D eigenvalue weighted by atomic mass is 9.78. The molecule has 0 saturated heterocycles. The first-order chi connectivity index (χ1) is 20.1. The molecule has 0 amide bonds. The normalized spacial score (nSPS) is 16.5. The number of aryl methyl sites for hydroxylation is 2. The molecule has 0 radical (unpaired) electrons. The Hall–Kier alpha value is -2.43. The van der Waals surface area contributed by atoms with Crippen LogP contribution in [0.15, 0.2) is 66.7 Å². The zero-order chi connectivity index (χ0) is 29.1. The van der Waals surface area contributed by atoms with E-state index in [-0.39, 0.29) is 18.9 Å². The van der Waals surface area contributed by atoms with Crippen LogP contribution in [0.1, 0.15) is 107 Å². The van der Waals surface area contributed by atoms with Gasteiger partial charge in [0.2, 0.25) is 0 Å². The zero-order valence-electron chi connectivity index (χ0n) is 25.3. The van der Waals surface area contributed by atoms with Crippen molar-refractivity contribution < 1.29 is 15.0 Å². The van der Waals surface area contributed by atoms with Crippen molar-refractivity contribution in [1.82, 2.24) is 0 Å². The maximum atomic E-state index is 11.8. The van der Waals surface area contributed by atoms with E-state index in [1.54, 1.807) is 0 Å². The van der Waals surface area contributed by atoms with Crippen LogP contribution < -0.4 is 5.73 Å². The summed E-state index contributed by atoms with van der Waals surface area (Å²) in [4.78, 5) is 11.8. The summed E-state index contributed by atoms with van der Waals surface area (Å²) in [6.07, 6.45) is 22.6. The summed E-state index contributed by atoms with van der Waals surface area (Å²) in [7, 11) is 0. The lowest BCUT2D eigenvalue weighted by Crippen LogP contribution is -2.23. The number of carboxylic acid groups (broad SMARTS) is 1. The number of aliphatic hydroxyl groups is 1. The molecule has 1 fully saturated rings. The van der Waals surface area contributed by atoms with Crippen molar-refractivity contribution in [1.29, 1.82) is 0 Å². The molecule has 2 aromatic carbocycles. The topological polar surface area (TPSA) is 83.5 Å². The fourth-order valence-electron chi connectivity index (χ4n) is 6.85. The Morgan fingerprint density at radius 1 is 0.829 bits per heavy atom. The fourth-order valence-corrected chi connectivity index (χ4v) is 6.85. The standard InChI is InChI=1S/C37H55NO3/c38-26-25-35(36(28-37(40)41)24-22-31-14-7-3-8-15-31)23-21-32(19-20-33-17-10-18-34(27-33)29-39)16-9-2-6-13-30-11-4-1-5-12-30/h2-3,7-10,14-15,17-18,27,30,32,35-36,39H,1,4-6,11-13,16,19-26,28-29,38H2,(H,40,41)/t32-,35-,36+/m0/s1. The van der Waals surface area contributed by atoms with Gasteiger partial charge in [0.1, 0.15) is 0 Å². The number of carbonyl (C=O) groups is 1. The summed E-state index contributed by atoms with van der Waals surface area (Å²) in [6, 6.07) is 18.7. The smallest absolute Gasteiger partial charge is 0.303 e. The van der Waals surface area contributed by atoms with Crippen molar-refractivity contribution in [2.45, 2.75) is 109 Å². The van der Waals surface area contributed by atoms with Gasteiger partial charge in [-0.3, -0.25) is 4.79 Å². The summed E-state index contributed by atoms with van der Waals surface area (Å²) in [6.45, 7) is 0.682. The van der Waals surface area contributed by atoms with Gasteiger partial charge in [-0.1, -0.05) is 98.9 Å². The molecule has 4 heteroatoms. The van der Waals surface area contributed by atoms with Crippen molar-refractivity contribution in [3.63, 3.8) is 0 Å². The minimum Gasteiger partial charge on any atom is -0.481 e. The van der Waals surface area contributed by atoms with Crippen LogP contribution in [0, 0.1) is 23.7 Å². The zero-order valence-corrected chi connectivity index (χ0v) is 25.3. The Morgan fingerprint density at radius 3 is 2.29 bits per heavy atom. The molecule has 4 N–H and O–H groups in total. The summed E-state index contributed by atoms with van der Waals surface area (Å²) >= 11 is 0. The minimum atomic E-state index is -0.703. The second-order valence-electron chi connectivity index (χ2n) is 12.5. The number of hydrogen-bond donors (Lipinski definition) is 3. The van der Waals surface area contributed by atoms with Gasteiger partial charge in [0, 0.05) is 6.42 Å². The molecule has 0 unspecified atom stereocenters. The van der Waals surface area contributed by atoms with Gasteiger partial charge >= 0.3 is 5.97 Å². The van der Waals surface area contributed by atoms with E-state index in [2.05, 4.69) is 48.6 Å². The maximum Gasteiger partial charge on any atom is 0.303 e. The molecular weight excluding hydrogens is 506 g/mol. The molecule has 0 bridgehead atoms. The van der Waals surface area contributed by atoms with Crippen LogP contribution in [-0.2, 0) is 24.2 Å². The number of allylic oxidation sites excluding steroid dienone is 2. The number of rotatable bonds is 20. The summed E-state index contributed by atoms with van der Waals surface area (Å²) in [5.41, 5.74) is 9.60. The molecule has 3 atom stereocenters. The largest absolute Gasteiger partial charge is 0.481 e. The first kappa shape index (κ1) is 33.1. The van der Waals surface area contributed by atoms with Gasteiger partial charge in [-0.15, -0.1) is 0 Å². The molecule has 3 rings (SSSR count). The number of nitrogens with two attached hydrogens (primary N) is 1. The highest BCUT2D eigenvalue weighted by atomic mass is 16.4. The third-order valence-electron chi connectivity index (χ3n) is 9.35. The SMILES string of the molecule is NCC[C@H](CC[C@@H](CC=CCCC1CCCCC1)CCc1cccc(CO)c1)[C@H](CCc1ccccc1)CC(=O)O. The maximum absolute atomic E-state index is 11.8. The predicted octanol–water partition coefficient (Wildman–Crippen LogP) is 8.50. The van der Waals surface area contributed by atoms with E-state index in [1.165, 1.54) is 56.1 Å². The number of benzene rings is 2. The number of aliphatic hydroxyl groups excluding tert-OH is 1. The molecule has 0 aliphatic heterocycles. The molecule has 4 nitrogen and oxygen atoms in total. The van der Waals surface area contributed by atoms with Gasteiger partial charge in [-0.25, -0.2) is 0 Å². The molecule has 0 spiro atoms. The average molecular weight is 562 g/mol. The van der Waals surface area contributed by atoms with Crippen LogP contribution in [0.5, 0.6) is 0 Å². The lowest BCUT2D eigenvalue weighted by Gasteiger charge is -2.28. The first-order valence-electron chi connectivity index (χ1n) is 16.4. The van der Waals surface area contributed by atoms with Gasteiger partial charge in [-0.05, 0) is 111 Å². The van der Waals surface area contributed by atoms with Crippen LogP contribution in [0.2, 0.25) is 0 Å². The third kappa shape index (κ3) is 13.4. The van der Waals surface area contributed by atoms with Crippen molar-refractivity contribution in [2.75, 3.05) is 6.54 Å². The highest BCUT2D eigenvalue weighted by Gasteiger charge is 2.24. The molecule has 0 aromatic heterocycles. The fraction of sp³-hybridized carbons (Fsp3) is 0.595. The second-order valence-corrected chi connectivity index (χ2v) is 12.5. The number of aliphatic carboxylic acids is 1. The minimum absolute atomic E-state index is 0.0791. The lowest BCUT2D eigenvalue weighted by molar-refractivity contribution is -0.138. The summed E-state index contributed by atoms with van der Waals surface area (Å²) < 4.78 is 0. The Kier molecular flexibility index (Phi) is 15.9. The highest BCUT2D eigenvalue weighted by Crippen LogP contribution is 2.32. The van der Waals surface area contributed by atoms with E-state index in [0.29, 0.717) is 18.4 Å². The van der Waals surface area contributed by atoms with Crippen molar-refractivity contribution in [3.8, 4) is 0 Å². The van der Waals surface area contributed by atoms with Crippen LogP contribution in [0.25, 0.3) is 0 Å². The van der Waals surface area contributed by atoms with Crippen LogP contribution in [0.3, 0.4) is 0 Å². The van der Waals surface area contributed by atoms with Gasteiger partial charge in [0.05, 0.1) is 6.61 Å². The molecule has 226 valence electrons. The Labute approximate surface area is 249 Å². The molecule has 1 saturated carbocycles. The van der Waals surface area contributed by atoms with Crippen molar-refractivity contribution in [3.05, 3.63) is 83.4 Å². The number of carboxylic acids is 1. The molecule has 41 heavy (non-hydrogen) atoms. The van der Waals surface area contributed by atoms with E-state index in [0.717, 1.165) is 62.8 Å². The Morgan fingerprint density at radius 2 is 1.56 bits per heavy atom. The van der Waals surface area contributed by atoms with E-state index in [4.69, 9.17) is 5.73 Å². The number of hydrogen-bond acceptors (Lipinski definition) is 3. The van der Waals surface area contributed by atoms with E-state index in [9.17, 15) is 15.0 Å². The van der Waals surface area contributed by atoms with Crippen LogP contribution in [-0.4, -0.2) is 22.7 Å². The van der Waals surface area contributed by atoms with E-state index < -0.39 is 5.97 Å². The van der Waals surface area contributed by atoms with Crippen molar-refractivity contribution >= 4 is 5.97 Å². The van der Waals surface area contributed by atoms with E-state index >= 15 is 0 Å². The third-order valence-corrected chi connectivity index (χ3v) is 9.35. The summed E-state index contributed by atoms with van der Waals surface area (Å²) in [5, 5.41) is 19.3. The molecule has 0 heterocycles. The van der Waals surface area contributed by atoms with Gasteiger partial charge in [-0.2, -0.15) is 0 Å². The Bertz CT molecular complexity index is 998. The first-order valence-corrected chi connectivity index (χ1v) is 16.4. The highest BCUT2D eigenvalue weighted by molar-refractivity contribution is 5.67. The molecular formula is C37H55NO3. The quantitative estimate of drug-likeness (QED) is 0.142. The summed E-state index contributed by atoms with van der Waals surface area (Å²) in [5.74, 6) is 1.24. The van der Waals surface area contributed by atoms with Gasteiger partial charge in [0.25, 0.3) is 0 Å². The Balaban J connectivity index is 1.61. The molecule has 1 aliphatic carbocycles.